The maximum atomic E-state index is 5.76. The van der Waals surface area contributed by atoms with Crippen molar-refractivity contribution in [3.63, 3.8) is 0 Å². The number of nitrogens with one attached hydrogen (secondary N) is 1. The average molecular weight is 231 g/mol. The van der Waals surface area contributed by atoms with Crippen LogP contribution in [0.3, 0.4) is 0 Å². The first-order valence-corrected chi connectivity index (χ1v) is 5.07. The molecule has 16 heavy (non-hydrogen) atoms. The van der Waals surface area contributed by atoms with Gasteiger partial charge < -0.3 is 45.9 Å². The lowest BCUT2D eigenvalue weighted by Crippen LogP contribution is -2.70. The van der Waals surface area contributed by atoms with Crippen molar-refractivity contribution in [2.45, 2.75) is 35.7 Å². The predicted molar refractivity (Wildman–Crippen MR) is 59.7 cm³/mol. The van der Waals surface area contributed by atoms with Gasteiger partial charge in [-0.25, -0.2) is 0 Å². The van der Waals surface area contributed by atoms with Gasteiger partial charge in [0.05, 0.1) is 41.2 Å². The van der Waals surface area contributed by atoms with Crippen molar-refractivity contribution in [3.05, 3.63) is 0 Å². The fourth-order valence-corrected chi connectivity index (χ4v) is 3.60. The summed E-state index contributed by atoms with van der Waals surface area (Å²) in [5.74, 6) is 0. The Hall–Kier alpha value is -0.360. The molecule has 9 nitrogen and oxygen atoms in total. The smallest absolute Gasteiger partial charge is 0.0824 e. The van der Waals surface area contributed by atoms with Gasteiger partial charge in [0.2, 0.25) is 0 Å². The normalized spacial score (nSPS) is 39.8. The summed E-state index contributed by atoms with van der Waals surface area (Å²) in [4.78, 5) is 0. The van der Waals surface area contributed by atoms with E-state index in [0.717, 1.165) is 0 Å². The second kappa shape index (κ2) is 2.90. The molecule has 17 N–H and O–H groups in total. The van der Waals surface area contributed by atoms with Crippen LogP contribution in [-0.2, 0) is 0 Å². The van der Waals surface area contributed by atoms with Crippen LogP contribution in [0.2, 0.25) is 0 Å². The second-order valence-corrected chi connectivity index (χ2v) is 4.71. The summed E-state index contributed by atoms with van der Waals surface area (Å²) in [6.45, 7) is 0. The van der Waals surface area contributed by atoms with E-state index in [1.54, 1.807) is 0 Å². The summed E-state index contributed by atoms with van der Waals surface area (Å²) in [5, 5.41) is 3.05. The van der Waals surface area contributed by atoms with Crippen molar-refractivity contribution in [1.29, 1.82) is 0 Å². The summed E-state index contributed by atoms with van der Waals surface area (Å²) >= 11 is 0. The summed E-state index contributed by atoms with van der Waals surface area (Å²) in [5.41, 5.74) is 43.6. The van der Waals surface area contributed by atoms with Gasteiger partial charge in [-0.1, -0.05) is 0 Å². The van der Waals surface area contributed by atoms with Gasteiger partial charge in [-0.15, -0.1) is 0 Å². The van der Waals surface area contributed by atoms with E-state index in [9.17, 15) is 0 Å². The number of hydrogen-bond acceptors (Lipinski definition) is 9. The number of fused-ring (bicyclic) bond motifs is 1. The van der Waals surface area contributed by atoms with Gasteiger partial charge in [0.15, 0.2) is 0 Å². The third-order valence-corrected chi connectivity index (χ3v) is 4.25. The molecule has 1 aliphatic carbocycles. The molecular formula is C7H21N9. The molecule has 0 spiro atoms. The third kappa shape index (κ3) is 0.786. The first-order chi connectivity index (χ1) is 7.23. The molecule has 0 aromatic rings. The lowest BCUT2D eigenvalue weighted by molar-refractivity contribution is 0.167. The molecule has 2 unspecified atom stereocenters. The van der Waals surface area contributed by atoms with Crippen molar-refractivity contribution in [3.8, 4) is 0 Å². The second-order valence-electron chi connectivity index (χ2n) is 4.71. The third-order valence-electron chi connectivity index (χ3n) is 4.25. The Labute approximate surface area is 93.2 Å². The van der Waals surface area contributed by atoms with Gasteiger partial charge in [-0.3, -0.25) is 5.32 Å². The fraction of sp³-hybridized carbons (Fsp3) is 1.00. The molecule has 0 bridgehead atoms. The molecule has 2 aliphatic rings. The molecule has 1 heterocycles. The predicted octanol–water partition coefficient (Wildman–Crippen LogP) is -5.96. The van der Waals surface area contributed by atoms with Crippen molar-refractivity contribution < 1.29 is 0 Å². The Morgan fingerprint density at radius 2 is 0.875 bits per heavy atom. The maximum Gasteiger partial charge on any atom is 0.0824 e. The van der Waals surface area contributed by atoms with Gasteiger partial charge in [0.1, 0.15) is 0 Å². The van der Waals surface area contributed by atoms with E-state index in [1.807, 2.05) is 0 Å². The molecular weight excluding hydrogens is 210 g/mol. The number of hydrogen-bond donors (Lipinski definition) is 9. The van der Waals surface area contributed by atoms with Gasteiger partial charge in [-0.05, 0) is 0 Å². The van der Waals surface area contributed by atoms with Crippen LogP contribution in [0, 0.1) is 5.41 Å². The van der Waals surface area contributed by atoms with Gasteiger partial charge >= 0.3 is 0 Å². The Morgan fingerprint density at radius 1 is 0.562 bits per heavy atom. The van der Waals surface area contributed by atoms with E-state index in [2.05, 4.69) is 5.32 Å². The Morgan fingerprint density at radius 3 is 1.00 bits per heavy atom. The fourth-order valence-electron chi connectivity index (χ4n) is 3.60. The van der Waals surface area contributed by atoms with Gasteiger partial charge in [-0.2, -0.15) is 0 Å². The molecule has 0 aromatic carbocycles. The van der Waals surface area contributed by atoms with Crippen LogP contribution in [0.4, 0.5) is 0 Å². The Balaban J connectivity index is 2.44. The minimum Gasteiger partial charge on any atom is -0.315 e. The summed E-state index contributed by atoms with van der Waals surface area (Å²) < 4.78 is 0. The Kier molecular flexibility index (Phi) is 2.20. The first kappa shape index (κ1) is 12.1. The van der Waals surface area contributed by atoms with E-state index in [0.29, 0.717) is 0 Å². The zero-order chi connectivity index (χ0) is 12.5. The summed E-state index contributed by atoms with van der Waals surface area (Å²) in [6, 6.07) is 0. The molecule has 94 valence electrons. The zero-order valence-corrected chi connectivity index (χ0v) is 8.93. The van der Waals surface area contributed by atoms with E-state index in [4.69, 9.17) is 45.9 Å². The monoisotopic (exact) mass is 231 g/mol. The van der Waals surface area contributed by atoms with Crippen molar-refractivity contribution >= 4 is 0 Å². The van der Waals surface area contributed by atoms with E-state index >= 15 is 0 Å². The quantitative estimate of drug-likeness (QED) is 0.165. The minimum absolute atomic E-state index is 0.730. The lowest BCUT2D eigenvalue weighted by Gasteiger charge is -2.38. The van der Waals surface area contributed by atoms with E-state index in [-0.39, 0.29) is 0 Å². The molecule has 2 atom stereocenters. The molecule has 1 aliphatic heterocycles. The standard InChI is InChI=1S/C7H21N9/c8-1(9)5(2(10)11)6(3(12)13)7(5,16-6)4(14)15/h1-4,16H,8-15H2. The van der Waals surface area contributed by atoms with Crippen LogP contribution < -0.4 is 51.2 Å². The molecule has 2 rings (SSSR count). The van der Waals surface area contributed by atoms with Crippen molar-refractivity contribution in [2.75, 3.05) is 0 Å². The largest absolute Gasteiger partial charge is 0.315 e. The molecule has 1 saturated heterocycles. The lowest BCUT2D eigenvalue weighted by atomic mass is 9.86. The van der Waals surface area contributed by atoms with Crippen LogP contribution >= 0.6 is 0 Å². The number of nitrogens with two attached hydrogens (primary N) is 8. The van der Waals surface area contributed by atoms with Crippen molar-refractivity contribution in [1.82, 2.24) is 5.32 Å². The molecule has 0 aromatic heterocycles. The van der Waals surface area contributed by atoms with Crippen LogP contribution in [-0.4, -0.2) is 35.7 Å². The van der Waals surface area contributed by atoms with Crippen LogP contribution in [0.15, 0.2) is 0 Å². The van der Waals surface area contributed by atoms with Gasteiger partial charge in [0, 0.05) is 0 Å². The van der Waals surface area contributed by atoms with Crippen molar-refractivity contribution in [2.24, 2.45) is 51.3 Å². The molecule has 0 radical (unpaired) electrons. The van der Waals surface area contributed by atoms with Crippen LogP contribution in [0.25, 0.3) is 0 Å². The molecule has 0 amide bonds. The van der Waals surface area contributed by atoms with E-state index in [1.165, 1.54) is 0 Å². The Bertz CT molecular complexity index is 283. The van der Waals surface area contributed by atoms with Crippen LogP contribution in [0.5, 0.6) is 0 Å². The molecule has 2 fully saturated rings. The minimum atomic E-state index is -0.859. The average Bonchev–Trinajstić information content (AvgIpc) is 2.83. The van der Waals surface area contributed by atoms with Crippen LogP contribution in [0.1, 0.15) is 0 Å². The van der Waals surface area contributed by atoms with Gasteiger partial charge in [0.25, 0.3) is 0 Å². The first-order valence-electron chi connectivity index (χ1n) is 5.07. The summed E-state index contributed by atoms with van der Waals surface area (Å²) in [7, 11) is 0. The highest BCUT2D eigenvalue weighted by molar-refractivity contribution is 5.62. The highest BCUT2D eigenvalue weighted by Gasteiger charge is 3.05. The zero-order valence-electron chi connectivity index (χ0n) is 8.93. The highest BCUT2D eigenvalue weighted by atomic mass is 15.5. The maximum absolute atomic E-state index is 5.76. The topological polar surface area (TPSA) is 230 Å². The summed E-state index contributed by atoms with van der Waals surface area (Å²) in [6.07, 6.45) is -3.05. The number of rotatable bonds is 4. The molecule has 9 heteroatoms. The molecule has 1 saturated carbocycles. The SMILES string of the molecule is NC(N)C12NC1(C(N)N)C2(C(N)N)C(N)N. The van der Waals surface area contributed by atoms with E-state index < -0.39 is 41.2 Å². The highest BCUT2D eigenvalue weighted by Crippen LogP contribution is 2.79.